The molecule has 0 saturated carbocycles. The summed E-state index contributed by atoms with van der Waals surface area (Å²) in [6.45, 7) is -0.710. The monoisotopic (exact) mass is 277 g/mol. The molecule has 0 radical (unpaired) electrons. The van der Waals surface area contributed by atoms with E-state index < -0.39 is 25.0 Å². The number of esters is 1. The van der Waals surface area contributed by atoms with Gasteiger partial charge >= 0.3 is 12.3 Å². The molecule has 1 N–H and O–H groups in total. The van der Waals surface area contributed by atoms with Gasteiger partial charge in [-0.3, -0.25) is 10.1 Å². The zero-order valence-electron chi connectivity index (χ0n) is 10.2. The van der Waals surface area contributed by atoms with Crippen LogP contribution >= 0.6 is 0 Å². The summed E-state index contributed by atoms with van der Waals surface area (Å²) in [5, 5.41) is 2.66. The Kier molecular flexibility index (Phi) is 5.78. The SMILES string of the molecule is COC(=O)C(NCCOC(F)(F)F)c1ccccc1. The summed E-state index contributed by atoms with van der Waals surface area (Å²) >= 11 is 0. The number of ether oxygens (including phenoxy) is 2. The molecular weight excluding hydrogens is 263 g/mol. The molecule has 7 heteroatoms. The second kappa shape index (κ2) is 7.10. The van der Waals surface area contributed by atoms with Crippen LogP contribution in [0.1, 0.15) is 11.6 Å². The van der Waals surface area contributed by atoms with E-state index in [4.69, 9.17) is 0 Å². The number of hydrogen-bond acceptors (Lipinski definition) is 4. The van der Waals surface area contributed by atoms with Gasteiger partial charge in [0.1, 0.15) is 6.04 Å². The Morgan fingerprint density at radius 3 is 2.47 bits per heavy atom. The lowest BCUT2D eigenvalue weighted by molar-refractivity contribution is -0.323. The van der Waals surface area contributed by atoms with Gasteiger partial charge in [-0.2, -0.15) is 0 Å². The summed E-state index contributed by atoms with van der Waals surface area (Å²) in [5.41, 5.74) is 0.612. The first-order chi connectivity index (χ1) is 8.94. The normalized spacial score (nSPS) is 13.1. The van der Waals surface area contributed by atoms with Crippen molar-refractivity contribution in [3.05, 3.63) is 35.9 Å². The maximum Gasteiger partial charge on any atom is 0.522 e. The van der Waals surface area contributed by atoms with Crippen molar-refractivity contribution >= 4 is 5.97 Å². The molecule has 0 spiro atoms. The van der Waals surface area contributed by atoms with Gasteiger partial charge in [-0.25, -0.2) is 4.79 Å². The summed E-state index contributed by atoms with van der Waals surface area (Å²) in [7, 11) is 1.21. The van der Waals surface area contributed by atoms with Crippen LogP contribution in [0, 0.1) is 0 Å². The quantitative estimate of drug-likeness (QED) is 0.638. The Bertz CT molecular complexity index is 395. The standard InChI is InChI=1S/C12H14F3NO3/c1-18-11(17)10(9-5-3-2-4-6-9)16-7-8-19-12(13,14)15/h2-6,10,16H,7-8H2,1H3. The van der Waals surface area contributed by atoms with E-state index in [1.54, 1.807) is 30.3 Å². The minimum atomic E-state index is -4.67. The first-order valence-electron chi connectivity index (χ1n) is 5.51. The first kappa shape index (κ1) is 15.5. The van der Waals surface area contributed by atoms with Gasteiger partial charge in [0.2, 0.25) is 0 Å². The first-order valence-corrected chi connectivity index (χ1v) is 5.51. The number of carbonyl (C=O) groups excluding carboxylic acids is 1. The van der Waals surface area contributed by atoms with Crippen LogP contribution in [0.5, 0.6) is 0 Å². The Balaban J connectivity index is 2.55. The van der Waals surface area contributed by atoms with Crippen molar-refractivity contribution < 1.29 is 27.4 Å². The van der Waals surface area contributed by atoms with Gasteiger partial charge in [-0.1, -0.05) is 30.3 Å². The number of benzene rings is 1. The lowest BCUT2D eigenvalue weighted by atomic mass is 10.1. The van der Waals surface area contributed by atoms with Crippen LogP contribution in [0.2, 0.25) is 0 Å². The highest BCUT2D eigenvalue weighted by molar-refractivity contribution is 5.77. The summed E-state index contributed by atoms with van der Waals surface area (Å²) in [6.07, 6.45) is -4.67. The molecule has 0 aromatic heterocycles. The largest absolute Gasteiger partial charge is 0.522 e. The maximum absolute atomic E-state index is 11.8. The summed E-state index contributed by atoms with van der Waals surface area (Å²) in [6, 6.07) is 7.75. The van der Waals surface area contributed by atoms with Gasteiger partial charge in [0.05, 0.1) is 13.7 Å². The average molecular weight is 277 g/mol. The van der Waals surface area contributed by atoms with Crippen LogP contribution in [0.3, 0.4) is 0 Å². The third-order valence-electron chi connectivity index (χ3n) is 2.29. The molecule has 1 aromatic rings. The van der Waals surface area contributed by atoms with E-state index in [0.717, 1.165) is 0 Å². The van der Waals surface area contributed by atoms with Gasteiger partial charge in [0.15, 0.2) is 0 Å². The Labute approximate surface area is 108 Å². The highest BCUT2D eigenvalue weighted by Gasteiger charge is 2.29. The minimum absolute atomic E-state index is 0.131. The average Bonchev–Trinajstić information content (AvgIpc) is 2.38. The molecule has 1 unspecified atom stereocenters. The van der Waals surface area contributed by atoms with Gasteiger partial charge in [0.25, 0.3) is 0 Å². The number of rotatable bonds is 6. The fourth-order valence-electron chi connectivity index (χ4n) is 1.47. The molecule has 0 aliphatic rings. The number of alkyl halides is 3. The Morgan fingerprint density at radius 1 is 1.32 bits per heavy atom. The predicted octanol–water partition coefficient (Wildman–Crippen LogP) is 2.03. The fraction of sp³-hybridized carbons (Fsp3) is 0.417. The van der Waals surface area contributed by atoms with Crippen molar-refractivity contribution in [1.29, 1.82) is 0 Å². The molecular formula is C12H14F3NO3. The van der Waals surface area contributed by atoms with Crippen LogP contribution in [0.4, 0.5) is 13.2 Å². The van der Waals surface area contributed by atoms with Gasteiger partial charge < -0.3 is 4.74 Å². The highest BCUT2D eigenvalue weighted by atomic mass is 19.4. The molecule has 0 fully saturated rings. The fourth-order valence-corrected chi connectivity index (χ4v) is 1.47. The van der Waals surface area contributed by atoms with E-state index in [0.29, 0.717) is 5.56 Å². The number of methoxy groups -OCH3 is 1. The second-order valence-corrected chi connectivity index (χ2v) is 3.62. The van der Waals surface area contributed by atoms with Crippen LogP contribution in [0.25, 0.3) is 0 Å². The van der Waals surface area contributed by atoms with Crippen LogP contribution in [-0.4, -0.2) is 32.6 Å². The zero-order chi connectivity index (χ0) is 14.3. The molecule has 1 aromatic carbocycles. The Morgan fingerprint density at radius 2 is 1.95 bits per heavy atom. The molecule has 106 valence electrons. The lowest BCUT2D eigenvalue weighted by Gasteiger charge is -2.17. The topological polar surface area (TPSA) is 47.6 Å². The molecule has 0 aliphatic carbocycles. The summed E-state index contributed by atoms with van der Waals surface area (Å²) in [5.74, 6) is -0.571. The molecule has 1 rings (SSSR count). The summed E-state index contributed by atoms with van der Waals surface area (Å²) < 4.78 is 43.6. The van der Waals surface area contributed by atoms with Gasteiger partial charge in [-0.05, 0) is 5.56 Å². The van der Waals surface area contributed by atoms with Crippen molar-refractivity contribution in [2.24, 2.45) is 0 Å². The van der Waals surface area contributed by atoms with Crippen molar-refractivity contribution in [1.82, 2.24) is 5.32 Å². The molecule has 0 bridgehead atoms. The molecule has 0 heterocycles. The highest BCUT2D eigenvalue weighted by Crippen LogP contribution is 2.16. The lowest BCUT2D eigenvalue weighted by Crippen LogP contribution is -2.33. The molecule has 0 aliphatic heterocycles. The number of hydrogen-bond donors (Lipinski definition) is 1. The van der Waals surface area contributed by atoms with Crippen molar-refractivity contribution in [3.8, 4) is 0 Å². The van der Waals surface area contributed by atoms with E-state index in [1.807, 2.05) is 0 Å². The minimum Gasteiger partial charge on any atom is -0.468 e. The van der Waals surface area contributed by atoms with E-state index in [9.17, 15) is 18.0 Å². The molecule has 19 heavy (non-hydrogen) atoms. The van der Waals surface area contributed by atoms with Crippen molar-refractivity contribution in [3.63, 3.8) is 0 Å². The van der Waals surface area contributed by atoms with E-state index in [-0.39, 0.29) is 6.54 Å². The third kappa shape index (κ3) is 5.71. The van der Waals surface area contributed by atoms with Gasteiger partial charge in [0, 0.05) is 6.54 Å². The molecule has 4 nitrogen and oxygen atoms in total. The number of halogens is 3. The third-order valence-corrected chi connectivity index (χ3v) is 2.29. The van der Waals surface area contributed by atoms with Crippen LogP contribution in [-0.2, 0) is 14.3 Å². The number of nitrogens with one attached hydrogen (secondary N) is 1. The predicted molar refractivity (Wildman–Crippen MR) is 61.2 cm³/mol. The van der Waals surface area contributed by atoms with E-state index in [2.05, 4.69) is 14.8 Å². The molecule has 1 atom stereocenters. The van der Waals surface area contributed by atoms with Crippen molar-refractivity contribution in [2.45, 2.75) is 12.4 Å². The van der Waals surface area contributed by atoms with Gasteiger partial charge in [-0.15, -0.1) is 13.2 Å². The molecule has 0 saturated heterocycles. The number of carbonyl (C=O) groups is 1. The van der Waals surface area contributed by atoms with E-state index >= 15 is 0 Å². The summed E-state index contributed by atoms with van der Waals surface area (Å²) in [4.78, 5) is 11.6. The van der Waals surface area contributed by atoms with Crippen LogP contribution in [0.15, 0.2) is 30.3 Å². The van der Waals surface area contributed by atoms with Crippen molar-refractivity contribution in [2.75, 3.05) is 20.3 Å². The smallest absolute Gasteiger partial charge is 0.468 e. The zero-order valence-corrected chi connectivity index (χ0v) is 10.2. The molecule has 0 amide bonds. The Hall–Kier alpha value is -1.60. The maximum atomic E-state index is 11.8. The van der Waals surface area contributed by atoms with E-state index in [1.165, 1.54) is 7.11 Å². The second-order valence-electron chi connectivity index (χ2n) is 3.62. The van der Waals surface area contributed by atoms with Crippen LogP contribution < -0.4 is 5.32 Å².